The summed E-state index contributed by atoms with van der Waals surface area (Å²) >= 11 is 1.77. The van der Waals surface area contributed by atoms with Crippen LogP contribution in [0.2, 0.25) is 0 Å². The van der Waals surface area contributed by atoms with Crippen LogP contribution in [0.4, 0.5) is 0 Å². The monoisotopic (exact) mass is 183 g/mol. The molecule has 0 fully saturated rings. The topological polar surface area (TPSA) is 26.0 Å². The lowest BCUT2D eigenvalue weighted by Gasteiger charge is -2.11. The van der Waals surface area contributed by atoms with Gasteiger partial charge in [0.25, 0.3) is 0 Å². The summed E-state index contributed by atoms with van der Waals surface area (Å²) in [5.74, 6) is 0.685. The Hall–Kier alpha value is -0.340. The summed E-state index contributed by atoms with van der Waals surface area (Å²) in [6, 6.07) is 2.20. The largest absolute Gasteiger partial charge is 0.330 e. The van der Waals surface area contributed by atoms with Crippen molar-refractivity contribution in [2.24, 2.45) is 11.7 Å². The van der Waals surface area contributed by atoms with E-state index in [0.717, 1.165) is 13.0 Å². The van der Waals surface area contributed by atoms with Crippen LogP contribution >= 0.6 is 11.3 Å². The van der Waals surface area contributed by atoms with Crippen LogP contribution in [0, 0.1) is 5.92 Å². The first-order chi connectivity index (χ1) is 5.86. The van der Waals surface area contributed by atoms with Crippen molar-refractivity contribution in [3.05, 3.63) is 22.4 Å². The van der Waals surface area contributed by atoms with Crippen molar-refractivity contribution >= 4 is 11.3 Å². The maximum Gasteiger partial charge on any atom is -0.00457 e. The van der Waals surface area contributed by atoms with Crippen LogP contribution in [0.1, 0.15) is 25.3 Å². The molecule has 0 aliphatic rings. The molecule has 68 valence electrons. The highest BCUT2D eigenvalue weighted by Crippen LogP contribution is 2.15. The second-order valence-corrected chi connectivity index (χ2v) is 4.01. The summed E-state index contributed by atoms with van der Waals surface area (Å²) in [6.45, 7) is 3.04. The molecule has 1 aromatic heterocycles. The first-order valence-electron chi connectivity index (χ1n) is 4.58. The van der Waals surface area contributed by atoms with Gasteiger partial charge in [0, 0.05) is 0 Å². The van der Waals surface area contributed by atoms with Crippen molar-refractivity contribution in [3.63, 3.8) is 0 Å². The molecule has 1 aromatic rings. The number of thiophene rings is 1. The third kappa shape index (κ3) is 2.95. The minimum absolute atomic E-state index is 0.685. The maximum atomic E-state index is 5.68. The van der Waals surface area contributed by atoms with E-state index in [-0.39, 0.29) is 0 Å². The Morgan fingerprint density at radius 1 is 1.58 bits per heavy atom. The highest BCUT2D eigenvalue weighted by molar-refractivity contribution is 7.07. The lowest BCUT2D eigenvalue weighted by Crippen LogP contribution is -2.16. The summed E-state index contributed by atoms with van der Waals surface area (Å²) in [7, 11) is 0. The second kappa shape index (κ2) is 5.33. The molecule has 1 rings (SSSR count). The molecule has 1 atom stereocenters. The van der Waals surface area contributed by atoms with E-state index in [1.54, 1.807) is 11.3 Å². The molecule has 1 heterocycles. The fourth-order valence-corrected chi connectivity index (χ4v) is 2.14. The Morgan fingerprint density at radius 2 is 2.42 bits per heavy atom. The Labute approximate surface area is 78.6 Å². The molecule has 0 aliphatic heterocycles. The van der Waals surface area contributed by atoms with Crippen molar-refractivity contribution in [2.75, 3.05) is 6.54 Å². The number of nitrogens with two attached hydrogens (primary N) is 1. The van der Waals surface area contributed by atoms with Crippen molar-refractivity contribution in [1.29, 1.82) is 0 Å². The van der Waals surface area contributed by atoms with E-state index in [0.29, 0.717) is 5.92 Å². The van der Waals surface area contributed by atoms with Gasteiger partial charge in [0.2, 0.25) is 0 Å². The van der Waals surface area contributed by atoms with Gasteiger partial charge in [-0.1, -0.05) is 13.3 Å². The molecule has 0 aromatic carbocycles. The molecule has 2 heteroatoms. The third-order valence-electron chi connectivity index (χ3n) is 2.13. The number of hydrogen-bond acceptors (Lipinski definition) is 2. The van der Waals surface area contributed by atoms with Crippen LogP contribution in [0.25, 0.3) is 0 Å². The fourth-order valence-electron chi connectivity index (χ4n) is 1.45. The van der Waals surface area contributed by atoms with Crippen LogP contribution in [-0.4, -0.2) is 6.54 Å². The molecule has 0 spiro atoms. The molecule has 1 unspecified atom stereocenters. The predicted molar refractivity (Wildman–Crippen MR) is 55.5 cm³/mol. The molecule has 1 nitrogen and oxygen atoms in total. The highest BCUT2D eigenvalue weighted by Gasteiger charge is 2.06. The van der Waals surface area contributed by atoms with Gasteiger partial charge in [0.15, 0.2) is 0 Å². The highest BCUT2D eigenvalue weighted by atomic mass is 32.1. The third-order valence-corrected chi connectivity index (χ3v) is 2.87. The summed E-state index contributed by atoms with van der Waals surface area (Å²) in [5, 5.41) is 4.35. The van der Waals surface area contributed by atoms with Crippen molar-refractivity contribution in [3.8, 4) is 0 Å². The average molecular weight is 183 g/mol. The minimum Gasteiger partial charge on any atom is -0.330 e. The Balaban J connectivity index is 2.37. The van der Waals surface area contributed by atoms with Gasteiger partial charge in [-0.05, 0) is 47.7 Å². The van der Waals surface area contributed by atoms with Gasteiger partial charge in [-0.3, -0.25) is 0 Å². The fraction of sp³-hybridized carbons (Fsp3) is 0.600. The summed E-state index contributed by atoms with van der Waals surface area (Å²) in [4.78, 5) is 0. The van der Waals surface area contributed by atoms with Gasteiger partial charge in [0.05, 0.1) is 0 Å². The molecule has 12 heavy (non-hydrogen) atoms. The van der Waals surface area contributed by atoms with Crippen LogP contribution in [0.3, 0.4) is 0 Å². The molecule has 2 N–H and O–H groups in total. The SMILES string of the molecule is CCCC(CN)Cc1ccsc1. The summed E-state index contributed by atoms with van der Waals surface area (Å²) in [6.07, 6.45) is 3.66. The van der Waals surface area contributed by atoms with E-state index in [2.05, 4.69) is 23.8 Å². The minimum atomic E-state index is 0.685. The van der Waals surface area contributed by atoms with Gasteiger partial charge in [-0.2, -0.15) is 11.3 Å². The lowest BCUT2D eigenvalue weighted by atomic mass is 9.97. The van der Waals surface area contributed by atoms with Gasteiger partial charge in [-0.25, -0.2) is 0 Å². The number of hydrogen-bond donors (Lipinski definition) is 1. The number of rotatable bonds is 5. The second-order valence-electron chi connectivity index (χ2n) is 3.23. The van der Waals surface area contributed by atoms with Crippen LogP contribution < -0.4 is 5.73 Å². The summed E-state index contributed by atoms with van der Waals surface area (Å²) < 4.78 is 0. The average Bonchev–Trinajstić information content (AvgIpc) is 2.56. The zero-order valence-corrected chi connectivity index (χ0v) is 8.44. The zero-order valence-electron chi connectivity index (χ0n) is 7.62. The van der Waals surface area contributed by atoms with Crippen molar-refractivity contribution in [2.45, 2.75) is 26.2 Å². The Kier molecular flexibility index (Phi) is 4.33. The van der Waals surface area contributed by atoms with Crippen LogP contribution in [0.5, 0.6) is 0 Å². The van der Waals surface area contributed by atoms with E-state index in [4.69, 9.17) is 5.73 Å². The van der Waals surface area contributed by atoms with Crippen molar-refractivity contribution < 1.29 is 0 Å². The molecular formula is C10H17NS. The van der Waals surface area contributed by atoms with Gasteiger partial charge in [0.1, 0.15) is 0 Å². The quantitative estimate of drug-likeness (QED) is 0.746. The van der Waals surface area contributed by atoms with Gasteiger partial charge < -0.3 is 5.73 Å². The predicted octanol–water partition coefficient (Wildman–Crippen LogP) is 2.67. The Morgan fingerprint density at radius 3 is 2.92 bits per heavy atom. The van der Waals surface area contributed by atoms with E-state index in [9.17, 15) is 0 Å². The van der Waals surface area contributed by atoms with E-state index in [1.165, 1.54) is 18.4 Å². The lowest BCUT2D eigenvalue weighted by molar-refractivity contribution is 0.488. The smallest absolute Gasteiger partial charge is 0.00457 e. The molecule has 0 aliphatic carbocycles. The Bertz CT molecular complexity index is 194. The van der Waals surface area contributed by atoms with Gasteiger partial charge >= 0.3 is 0 Å². The van der Waals surface area contributed by atoms with Crippen LogP contribution in [0.15, 0.2) is 16.8 Å². The van der Waals surface area contributed by atoms with Crippen LogP contribution in [-0.2, 0) is 6.42 Å². The van der Waals surface area contributed by atoms with Gasteiger partial charge in [-0.15, -0.1) is 0 Å². The van der Waals surface area contributed by atoms with E-state index < -0.39 is 0 Å². The zero-order chi connectivity index (χ0) is 8.81. The molecule has 0 radical (unpaired) electrons. The van der Waals surface area contributed by atoms with E-state index >= 15 is 0 Å². The molecular weight excluding hydrogens is 166 g/mol. The molecule has 0 saturated heterocycles. The standard InChI is InChI=1S/C10H17NS/c1-2-3-9(7-11)6-10-4-5-12-8-10/h4-5,8-9H,2-3,6-7,11H2,1H3. The normalized spacial score (nSPS) is 13.2. The van der Waals surface area contributed by atoms with E-state index in [1.807, 2.05) is 0 Å². The van der Waals surface area contributed by atoms with Crippen molar-refractivity contribution in [1.82, 2.24) is 0 Å². The molecule has 0 bridgehead atoms. The maximum absolute atomic E-state index is 5.68. The molecule has 0 amide bonds. The molecule has 0 saturated carbocycles. The first kappa shape index (κ1) is 9.75. The summed E-state index contributed by atoms with van der Waals surface area (Å²) in [5.41, 5.74) is 7.13. The first-order valence-corrected chi connectivity index (χ1v) is 5.52.